The Morgan fingerprint density at radius 1 is 0.862 bits per heavy atom. The minimum Gasteiger partial charge on any atom is -0.508 e. The summed E-state index contributed by atoms with van der Waals surface area (Å²) in [4.78, 5) is 0. The van der Waals surface area contributed by atoms with E-state index in [1.807, 2.05) is 0 Å². The van der Waals surface area contributed by atoms with Crippen molar-refractivity contribution < 1.29 is 45.2 Å². The molecule has 1 aliphatic heterocycles. The van der Waals surface area contributed by atoms with Gasteiger partial charge in [0, 0.05) is 17.7 Å². The molecular formula is C20H22O9. The quantitative estimate of drug-likeness (QED) is 0.343. The second-order valence-electron chi connectivity index (χ2n) is 6.65. The molecule has 9 heteroatoms. The van der Waals surface area contributed by atoms with E-state index in [1.165, 1.54) is 36.4 Å². The zero-order valence-electron chi connectivity index (χ0n) is 15.2. The average molecular weight is 406 g/mol. The minimum absolute atomic E-state index is 0.0999. The molecule has 0 amide bonds. The third-order valence-corrected chi connectivity index (χ3v) is 4.48. The number of rotatable bonds is 5. The molecule has 0 aliphatic carbocycles. The SMILES string of the molecule is OC[C@H]1O[C@@H](Oc2ccc(C=Cc3cc(O)cc(O)c3)c(O)c2)[C@H](O)[C@@H](O)[C@@H]1O. The van der Waals surface area contributed by atoms with E-state index in [2.05, 4.69) is 0 Å². The van der Waals surface area contributed by atoms with Crippen LogP contribution in [0.3, 0.4) is 0 Å². The highest BCUT2D eigenvalue weighted by atomic mass is 16.7. The molecule has 0 bridgehead atoms. The van der Waals surface area contributed by atoms with Crippen molar-refractivity contribution in [1.82, 2.24) is 0 Å². The van der Waals surface area contributed by atoms with Crippen molar-refractivity contribution >= 4 is 12.2 Å². The Labute approximate surface area is 165 Å². The van der Waals surface area contributed by atoms with E-state index in [0.717, 1.165) is 0 Å². The van der Waals surface area contributed by atoms with Crippen molar-refractivity contribution in [2.75, 3.05) is 6.61 Å². The summed E-state index contributed by atoms with van der Waals surface area (Å²) < 4.78 is 10.7. The molecule has 1 saturated heterocycles. The van der Waals surface area contributed by atoms with Gasteiger partial charge in [-0.2, -0.15) is 0 Å². The summed E-state index contributed by atoms with van der Waals surface area (Å²) >= 11 is 0. The number of aliphatic hydroxyl groups is 4. The maximum Gasteiger partial charge on any atom is 0.229 e. The molecular weight excluding hydrogens is 384 g/mol. The first-order chi connectivity index (χ1) is 13.8. The molecule has 0 radical (unpaired) electrons. The fraction of sp³-hybridized carbons (Fsp3) is 0.300. The molecule has 0 unspecified atom stereocenters. The smallest absolute Gasteiger partial charge is 0.229 e. The second-order valence-corrected chi connectivity index (χ2v) is 6.65. The number of hydrogen-bond acceptors (Lipinski definition) is 9. The zero-order valence-corrected chi connectivity index (χ0v) is 15.2. The molecule has 2 aromatic rings. The fourth-order valence-corrected chi connectivity index (χ4v) is 2.94. The highest BCUT2D eigenvalue weighted by molar-refractivity contribution is 5.73. The van der Waals surface area contributed by atoms with Crippen LogP contribution in [-0.4, -0.2) is 73.1 Å². The largest absolute Gasteiger partial charge is 0.508 e. The summed E-state index contributed by atoms with van der Waals surface area (Å²) in [5, 5.41) is 68.0. The van der Waals surface area contributed by atoms with E-state index in [0.29, 0.717) is 11.1 Å². The van der Waals surface area contributed by atoms with Gasteiger partial charge in [-0.05, 0) is 29.8 Å². The van der Waals surface area contributed by atoms with Crippen LogP contribution in [0.4, 0.5) is 0 Å². The zero-order chi connectivity index (χ0) is 21.1. The van der Waals surface area contributed by atoms with E-state index < -0.39 is 37.3 Å². The van der Waals surface area contributed by atoms with Gasteiger partial charge in [-0.1, -0.05) is 12.2 Å². The minimum atomic E-state index is -1.57. The standard InChI is InChI=1S/C20H22O9/c21-9-16-17(25)18(26)19(27)20(29-16)28-14-4-3-11(15(24)8-14)2-1-10-5-12(22)7-13(23)6-10/h1-8,16-27H,9H2/t16-,17-,18+,19-,20-/m1/s1. The van der Waals surface area contributed by atoms with Crippen molar-refractivity contribution in [2.45, 2.75) is 30.7 Å². The van der Waals surface area contributed by atoms with Crippen LogP contribution in [0.1, 0.15) is 11.1 Å². The lowest BCUT2D eigenvalue weighted by Gasteiger charge is -2.39. The molecule has 156 valence electrons. The highest BCUT2D eigenvalue weighted by Crippen LogP contribution is 2.29. The van der Waals surface area contributed by atoms with Crippen LogP contribution >= 0.6 is 0 Å². The van der Waals surface area contributed by atoms with Gasteiger partial charge < -0.3 is 45.2 Å². The summed E-state index contributed by atoms with van der Waals surface area (Å²) in [6, 6.07) is 8.34. The number of phenols is 3. The molecule has 3 rings (SSSR count). The molecule has 7 N–H and O–H groups in total. The van der Waals surface area contributed by atoms with E-state index in [9.17, 15) is 35.7 Å². The van der Waals surface area contributed by atoms with E-state index >= 15 is 0 Å². The van der Waals surface area contributed by atoms with Crippen molar-refractivity contribution in [3.05, 3.63) is 47.5 Å². The van der Waals surface area contributed by atoms with Crippen LogP contribution in [-0.2, 0) is 4.74 Å². The van der Waals surface area contributed by atoms with Gasteiger partial charge in [0.25, 0.3) is 0 Å². The molecule has 2 aromatic carbocycles. The lowest BCUT2D eigenvalue weighted by molar-refractivity contribution is -0.277. The van der Waals surface area contributed by atoms with Gasteiger partial charge in [0.1, 0.15) is 47.4 Å². The van der Waals surface area contributed by atoms with E-state index in [-0.39, 0.29) is 23.0 Å². The molecule has 1 heterocycles. The van der Waals surface area contributed by atoms with E-state index in [1.54, 1.807) is 12.2 Å². The van der Waals surface area contributed by atoms with Gasteiger partial charge in [-0.25, -0.2) is 0 Å². The summed E-state index contributed by atoms with van der Waals surface area (Å²) in [6.07, 6.45) is -3.95. The van der Waals surface area contributed by atoms with Gasteiger partial charge in [-0.15, -0.1) is 0 Å². The van der Waals surface area contributed by atoms with Crippen molar-refractivity contribution in [3.8, 4) is 23.0 Å². The highest BCUT2D eigenvalue weighted by Gasteiger charge is 2.44. The lowest BCUT2D eigenvalue weighted by atomic mass is 9.99. The Hall–Kier alpha value is -2.82. The van der Waals surface area contributed by atoms with Gasteiger partial charge >= 0.3 is 0 Å². The molecule has 5 atom stereocenters. The van der Waals surface area contributed by atoms with Crippen LogP contribution in [0.25, 0.3) is 12.2 Å². The lowest BCUT2D eigenvalue weighted by Crippen LogP contribution is -2.60. The number of phenolic OH excluding ortho intramolecular Hbond substituents is 3. The average Bonchev–Trinajstić information content (AvgIpc) is 2.67. The first-order valence-corrected chi connectivity index (χ1v) is 8.80. The third kappa shape index (κ3) is 4.78. The summed E-state index contributed by atoms with van der Waals surface area (Å²) in [7, 11) is 0. The monoisotopic (exact) mass is 406 g/mol. The van der Waals surface area contributed by atoms with Crippen LogP contribution in [0, 0.1) is 0 Å². The number of hydrogen-bond donors (Lipinski definition) is 7. The Bertz CT molecular complexity index is 860. The van der Waals surface area contributed by atoms with Crippen LogP contribution in [0.15, 0.2) is 36.4 Å². The topological polar surface area (TPSA) is 160 Å². The number of ether oxygens (including phenoxy) is 2. The van der Waals surface area contributed by atoms with Crippen LogP contribution in [0.5, 0.6) is 23.0 Å². The second kappa shape index (κ2) is 8.68. The molecule has 29 heavy (non-hydrogen) atoms. The third-order valence-electron chi connectivity index (χ3n) is 4.48. The van der Waals surface area contributed by atoms with Crippen LogP contribution < -0.4 is 4.74 Å². The molecule has 0 aromatic heterocycles. The molecule has 0 saturated carbocycles. The normalized spacial score (nSPS) is 27.2. The Balaban J connectivity index is 1.73. The summed E-state index contributed by atoms with van der Waals surface area (Å²) in [6.45, 7) is -0.579. The van der Waals surface area contributed by atoms with Gasteiger partial charge in [0.15, 0.2) is 0 Å². The van der Waals surface area contributed by atoms with E-state index in [4.69, 9.17) is 9.47 Å². The fourth-order valence-electron chi connectivity index (χ4n) is 2.94. The van der Waals surface area contributed by atoms with Crippen molar-refractivity contribution in [3.63, 3.8) is 0 Å². The van der Waals surface area contributed by atoms with Crippen LogP contribution in [0.2, 0.25) is 0 Å². The molecule has 1 fully saturated rings. The van der Waals surface area contributed by atoms with Gasteiger partial charge in [0.05, 0.1) is 6.61 Å². The van der Waals surface area contributed by atoms with Gasteiger partial charge in [-0.3, -0.25) is 0 Å². The molecule has 9 nitrogen and oxygen atoms in total. The predicted octanol–water partition coefficient (Wildman–Crippen LogP) is 0.152. The summed E-state index contributed by atoms with van der Waals surface area (Å²) in [5.41, 5.74) is 0.928. The van der Waals surface area contributed by atoms with Crippen molar-refractivity contribution in [1.29, 1.82) is 0 Å². The maximum atomic E-state index is 10.2. The van der Waals surface area contributed by atoms with Crippen molar-refractivity contribution in [2.24, 2.45) is 0 Å². The van der Waals surface area contributed by atoms with Gasteiger partial charge in [0.2, 0.25) is 6.29 Å². The predicted molar refractivity (Wildman–Crippen MR) is 101 cm³/mol. The first-order valence-electron chi connectivity index (χ1n) is 8.80. The number of aliphatic hydroxyl groups excluding tert-OH is 4. The molecule has 1 aliphatic rings. The maximum absolute atomic E-state index is 10.2. The Morgan fingerprint density at radius 2 is 1.55 bits per heavy atom. The number of aromatic hydroxyl groups is 3. The Kier molecular flexibility index (Phi) is 6.26. The number of benzene rings is 2. The summed E-state index contributed by atoms with van der Waals surface area (Å²) in [5.74, 6) is -0.235. The molecule has 0 spiro atoms. The first kappa shape index (κ1) is 20.9. The Morgan fingerprint density at radius 3 is 2.17 bits per heavy atom.